The number of imidazole rings is 1. The van der Waals surface area contributed by atoms with Crippen molar-refractivity contribution in [2.75, 3.05) is 6.54 Å². The normalized spacial score (nSPS) is 12.9. The number of rotatable bonds is 7. The van der Waals surface area contributed by atoms with Gasteiger partial charge in [0.2, 0.25) is 0 Å². The van der Waals surface area contributed by atoms with Crippen molar-refractivity contribution in [1.29, 1.82) is 0 Å². The van der Waals surface area contributed by atoms with E-state index in [4.69, 9.17) is 4.98 Å². The summed E-state index contributed by atoms with van der Waals surface area (Å²) < 4.78 is 15.8. The molecule has 0 saturated heterocycles. The van der Waals surface area contributed by atoms with Crippen molar-refractivity contribution in [3.63, 3.8) is 0 Å². The first-order chi connectivity index (χ1) is 16.6. The number of nitrogens with zero attached hydrogens (tertiary/aromatic N) is 4. The Morgan fingerprint density at radius 3 is 2.09 bits per heavy atom. The molecule has 0 atom stereocenters. The number of fused-ring (bicyclic) bond motifs is 1. The zero-order valence-electron chi connectivity index (χ0n) is 18.7. The summed E-state index contributed by atoms with van der Waals surface area (Å²) in [6.45, 7) is 2.90. The number of pyridine rings is 1. The highest BCUT2D eigenvalue weighted by atomic mass is 19.1. The molecule has 7 heteroatoms. The van der Waals surface area contributed by atoms with E-state index in [0.717, 1.165) is 28.3 Å². The van der Waals surface area contributed by atoms with E-state index >= 15 is 0 Å². The third-order valence-electron chi connectivity index (χ3n) is 6.08. The summed E-state index contributed by atoms with van der Waals surface area (Å²) in [7, 11) is 0. The second kappa shape index (κ2) is 9.02. The molecule has 0 fully saturated rings. The van der Waals surface area contributed by atoms with Crippen molar-refractivity contribution in [1.82, 2.24) is 19.4 Å². The predicted molar refractivity (Wildman–Crippen MR) is 127 cm³/mol. The van der Waals surface area contributed by atoms with E-state index in [1.54, 1.807) is 48.8 Å². The first-order valence-electron chi connectivity index (χ1n) is 11.3. The maximum Gasteiger partial charge on any atom is 0.261 e. The molecule has 4 aromatic rings. The van der Waals surface area contributed by atoms with Crippen LogP contribution < -0.4 is 0 Å². The van der Waals surface area contributed by atoms with Crippen LogP contribution in [0.15, 0.2) is 73.1 Å². The molecule has 170 valence electrons. The molecule has 1 aliphatic heterocycles. The molecule has 3 heterocycles. The van der Waals surface area contributed by atoms with Gasteiger partial charge >= 0.3 is 0 Å². The molecule has 0 radical (unpaired) electrons. The first-order valence-corrected chi connectivity index (χ1v) is 11.3. The Balaban J connectivity index is 1.47. The maximum absolute atomic E-state index is 13.7. The van der Waals surface area contributed by atoms with Crippen LogP contribution in [0.1, 0.15) is 39.9 Å². The summed E-state index contributed by atoms with van der Waals surface area (Å²) >= 11 is 0. The van der Waals surface area contributed by atoms with E-state index in [2.05, 4.69) is 9.55 Å². The van der Waals surface area contributed by atoms with Crippen molar-refractivity contribution in [3.05, 3.63) is 95.8 Å². The Hall–Kier alpha value is -4.13. The average Bonchev–Trinajstić information content (AvgIpc) is 3.36. The number of aryl methyl sites for hydroxylation is 1. The number of amides is 2. The Labute approximate surface area is 196 Å². The third kappa shape index (κ3) is 3.79. The molecular formula is C27H23FN4O2. The number of benzene rings is 2. The smallest absolute Gasteiger partial charge is 0.261 e. The second-order valence-electron chi connectivity index (χ2n) is 8.13. The van der Waals surface area contributed by atoms with Gasteiger partial charge in [-0.3, -0.25) is 19.5 Å². The minimum atomic E-state index is -0.304. The number of aromatic nitrogens is 3. The molecule has 2 aromatic heterocycles. The fraction of sp³-hybridized carbons (Fsp3) is 0.185. The van der Waals surface area contributed by atoms with Gasteiger partial charge in [-0.15, -0.1) is 0 Å². The van der Waals surface area contributed by atoms with Crippen molar-refractivity contribution >= 4 is 11.8 Å². The molecule has 2 aromatic carbocycles. The molecule has 0 aliphatic carbocycles. The topological polar surface area (TPSA) is 68.1 Å². The Bertz CT molecular complexity index is 1330. The van der Waals surface area contributed by atoms with Crippen LogP contribution in [-0.2, 0) is 13.0 Å². The molecule has 2 amide bonds. The molecule has 1 aliphatic rings. The van der Waals surface area contributed by atoms with Crippen LogP contribution in [0.25, 0.3) is 22.5 Å². The van der Waals surface area contributed by atoms with Gasteiger partial charge in [0.25, 0.3) is 11.8 Å². The Morgan fingerprint density at radius 1 is 0.824 bits per heavy atom. The van der Waals surface area contributed by atoms with Crippen LogP contribution in [0.3, 0.4) is 0 Å². The summed E-state index contributed by atoms with van der Waals surface area (Å²) in [5.41, 5.74) is 4.36. The van der Waals surface area contributed by atoms with Crippen molar-refractivity contribution in [2.45, 2.75) is 26.3 Å². The predicted octanol–water partition coefficient (Wildman–Crippen LogP) is 5.00. The van der Waals surface area contributed by atoms with Crippen molar-refractivity contribution in [3.8, 4) is 22.5 Å². The van der Waals surface area contributed by atoms with E-state index in [-0.39, 0.29) is 17.6 Å². The highest BCUT2D eigenvalue weighted by Gasteiger charge is 2.34. The van der Waals surface area contributed by atoms with E-state index < -0.39 is 0 Å². The molecule has 34 heavy (non-hydrogen) atoms. The molecule has 0 N–H and O–H groups in total. The highest BCUT2D eigenvalue weighted by molar-refractivity contribution is 6.21. The Morgan fingerprint density at radius 2 is 1.47 bits per heavy atom. The number of halogens is 1. The molecule has 0 unspecified atom stereocenters. The van der Waals surface area contributed by atoms with Crippen LogP contribution in [0.4, 0.5) is 4.39 Å². The number of hydrogen-bond acceptors (Lipinski definition) is 4. The van der Waals surface area contributed by atoms with E-state index in [0.29, 0.717) is 37.1 Å². The fourth-order valence-electron chi connectivity index (χ4n) is 4.45. The summed E-state index contributed by atoms with van der Waals surface area (Å²) in [6.07, 6.45) is 4.71. The summed E-state index contributed by atoms with van der Waals surface area (Å²) in [5, 5.41) is 0. The van der Waals surface area contributed by atoms with E-state index in [9.17, 15) is 14.0 Å². The van der Waals surface area contributed by atoms with Crippen LogP contribution >= 0.6 is 0 Å². The van der Waals surface area contributed by atoms with Gasteiger partial charge in [-0.2, -0.15) is 0 Å². The number of hydrogen-bond donors (Lipinski definition) is 0. The van der Waals surface area contributed by atoms with E-state index in [1.807, 2.05) is 19.1 Å². The van der Waals surface area contributed by atoms with Gasteiger partial charge in [0.15, 0.2) is 0 Å². The lowest BCUT2D eigenvalue weighted by atomic mass is 10.1. The van der Waals surface area contributed by atoms with Gasteiger partial charge in [0, 0.05) is 43.0 Å². The highest BCUT2D eigenvalue weighted by Crippen LogP contribution is 2.33. The Kier molecular flexibility index (Phi) is 5.76. The zero-order chi connectivity index (χ0) is 23.7. The minimum absolute atomic E-state index is 0.252. The summed E-state index contributed by atoms with van der Waals surface area (Å²) in [5.74, 6) is 0.0754. The van der Waals surface area contributed by atoms with Gasteiger partial charge in [0.1, 0.15) is 11.6 Å². The summed E-state index contributed by atoms with van der Waals surface area (Å²) in [6, 6.07) is 17.1. The largest absolute Gasteiger partial charge is 0.327 e. The van der Waals surface area contributed by atoms with Crippen LogP contribution in [0.5, 0.6) is 0 Å². The van der Waals surface area contributed by atoms with Gasteiger partial charge in [-0.1, -0.05) is 19.1 Å². The molecule has 6 nitrogen and oxygen atoms in total. The SMILES string of the molecule is CCc1nc(-c2ccncc2)c(-c2ccc(F)cc2)n1CCCN1C(=O)c2ccccc2C1=O. The van der Waals surface area contributed by atoms with Crippen LogP contribution in [-0.4, -0.2) is 37.8 Å². The zero-order valence-corrected chi connectivity index (χ0v) is 18.7. The minimum Gasteiger partial charge on any atom is -0.327 e. The molecule has 0 spiro atoms. The third-order valence-corrected chi connectivity index (χ3v) is 6.08. The first kappa shape index (κ1) is 21.7. The molecule has 5 rings (SSSR count). The average molecular weight is 455 g/mol. The standard InChI is InChI=1S/C27H23FN4O2/c1-2-23-30-24(18-12-14-29-15-13-18)25(19-8-10-20(28)11-9-19)31(23)16-5-17-32-26(33)21-6-3-4-7-22(21)27(32)34/h3-4,6-15H,2,5,16-17H2,1H3. The van der Waals surface area contributed by atoms with Gasteiger partial charge < -0.3 is 4.57 Å². The monoisotopic (exact) mass is 454 g/mol. The number of carbonyl (C=O) groups is 2. The number of carbonyl (C=O) groups excluding carboxylic acids is 2. The van der Waals surface area contributed by atoms with Crippen LogP contribution in [0, 0.1) is 5.82 Å². The lowest BCUT2D eigenvalue weighted by molar-refractivity contribution is 0.0650. The molecule has 0 bridgehead atoms. The lowest BCUT2D eigenvalue weighted by Crippen LogP contribution is -2.31. The van der Waals surface area contributed by atoms with Gasteiger partial charge in [0.05, 0.1) is 22.5 Å². The quantitative estimate of drug-likeness (QED) is 0.369. The second-order valence-corrected chi connectivity index (χ2v) is 8.13. The van der Waals surface area contributed by atoms with Gasteiger partial charge in [-0.05, 0) is 55.0 Å². The fourth-order valence-corrected chi connectivity index (χ4v) is 4.45. The maximum atomic E-state index is 13.7. The van der Waals surface area contributed by atoms with Crippen molar-refractivity contribution < 1.29 is 14.0 Å². The molecular weight excluding hydrogens is 431 g/mol. The molecule has 0 saturated carbocycles. The van der Waals surface area contributed by atoms with E-state index in [1.165, 1.54) is 17.0 Å². The van der Waals surface area contributed by atoms with Gasteiger partial charge in [-0.25, -0.2) is 9.37 Å². The summed E-state index contributed by atoms with van der Waals surface area (Å²) in [4.78, 5) is 35.8. The number of imide groups is 1. The van der Waals surface area contributed by atoms with Crippen molar-refractivity contribution in [2.24, 2.45) is 0 Å². The van der Waals surface area contributed by atoms with Crippen LogP contribution in [0.2, 0.25) is 0 Å². The lowest BCUT2D eigenvalue weighted by Gasteiger charge is -2.16.